The maximum absolute atomic E-state index is 14.1. The van der Waals surface area contributed by atoms with Gasteiger partial charge in [0.1, 0.15) is 10.7 Å². The summed E-state index contributed by atoms with van der Waals surface area (Å²) in [5.41, 5.74) is -0.742. The number of benzene rings is 1. The van der Waals surface area contributed by atoms with Crippen LogP contribution in [0.25, 0.3) is 0 Å². The van der Waals surface area contributed by atoms with Crippen LogP contribution in [-0.4, -0.2) is 32.3 Å². The van der Waals surface area contributed by atoms with Crippen molar-refractivity contribution in [3.63, 3.8) is 0 Å². The molecule has 1 saturated heterocycles. The monoisotopic (exact) mass is 337 g/mol. The normalized spacial score (nSPS) is 22.7. The molecular weight excluding hydrogens is 321 g/mol. The summed E-state index contributed by atoms with van der Waals surface area (Å²) in [4.78, 5) is -0.569. The van der Waals surface area contributed by atoms with Gasteiger partial charge in [-0.2, -0.15) is 0 Å². The number of ether oxygens (including phenoxy) is 1. The van der Waals surface area contributed by atoms with Gasteiger partial charge >= 0.3 is 0 Å². The number of hydrogen-bond donors (Lipinski definition) is 2. The van der Waals surface area contributed by atoms with Crippen LogP contribution in [0, 0.1) is 5.82 Å². The smallest absolute Gasteiger partial charge is 0.243 e. The van der Waals surface area contributed by atoms with Gasteiger partial charge in [0.15, 0.2) is 0 Å². The maximum Gasteiger partial charge on any atom is 0.243 e. The zero-order valence-electron chi connectivity index (χ0n) is 11.5. The Morgan fingerprint density at radius 3 is 2.81 bits per heavy atom. The highest BCUT2D eigenvalue weighted by atomic mass is 35.5. The van der Waals surface area contributed by atoms with Crippen LogP contribution in [0.4, 0.5) is 4.39 Å². The number of aliphatic hydroxyl groups is 1. The first-order valence-electron chi connectivity index (χ1n) is 6.50. The Hall–Kier alpha value is -0.730. The van der Waals surface area contributed by atoms with E-state index in [2.05, 4.69) is 4.72 Å². The Labute approximate surface area is 128 Å². The minimum atomic E-state index is -4.07. The fraction of sp³-hybridized carbons (Fsp3) is 0.538. The molecule has 21 heavy (non-hydrogen) atoms. The van der Waals surface area contributed by atoms with Crippen molar-refractivity contribution in [3.8, 4) is 0 Å². The first-order chi connectivity index (χ1) is 9.77. The molecule has 2 rings (SSSR count). The van der Waals surface area contributed by atoms with Gasteiger partial charge in [0.25, 0.3) is 0 Å². The van der Waals surface area contributed by atoms with Crippen molar-refractivity contribution in [1.82, 2.24) is 4.72 Å². The largest absolute Gasteiger partial charge is 0.392 e. The van der Waals surface area contributed by atoms with E-state index in [9.17, 15) is 12.8 Å². The lowest BCUT2D eigenvalue weighted by Gasteiger charge is -2.23. The van der Waals surface area contributed by atoms with Crippen LogP contribution >= 0.6 is 11.6 Å². The number of rotatable bonds is 5. The molecule has 0 saturated carbocycles. The van der Waals surface area contributed by atoms with Crippen molar-refractivity contribution in [1.29, 1.82) is 0 Å². The Balaban J connectivity index is 2.25. The average molecular weight is 338 g/mol. The highest BCUT2D eigenvalue weighted by molar-refractivity contribution is 7.89. The van der Waals surface area contributed by atoms with E-state index < -0.39 is 32.9 Å². The minimum Gasteiger partial charge on any atom is -0.392 e. The van der Waals surface area contributed by atoms with Gasteiger partial charge in [-0.1, -0.05) is 11.6 Å². The van der Waals surface area contributed by atoms with Crippen molar-refractivity contribution in [2.45, 2.75) is 36.9 Å². The van der Waals surface area contributed by atoms with Crippen LogP contribution < -0.4 is 4.72 Å². The molecule has 0 amide bonds. The predicted octanol–water partition coefficient (Wildman–Crippen LogP) is 1.82. The summed E-state index contributed by atoms with van der Waals surface area (Å²) < 4.78 is 46.4. The fourth-order valence-corrected chi connectivity index (χ4v) is 3.84. The molecule has 2 N–H and O–H groups in total. The molecule has 118 valence electrons. The van der Waals surface area contributed by atoms with Crippen LogP contribution in [0.15, 0.2) is 17.0 Å². The molecule has 5 nitrogen and oxygen atoms in total. The SMILES string of the molecule is CC1(CNS(=O)(=O)c2cc(Cl)cc(CO)c2F)CCCO1. The van der Waals surface area contributed by atoms with E-state index >= 15 is 0 Å². The molecule has 1 aromatic carbocycles. The molecule has 1 fully saturated rings. The number of sulfonamides is 1. The van der Waals surface area contributed by atoms with Gasteiger partial charge in [0.05, 0.1) is 12.2 Å². The molecule has 0 radical (unpaired) electrons. The number of aliphatic hydroxyl groups excluding tert-OH is 1. The molecule has 0 aliphatic carbocycles. The summed E-state index contributed by atoms with van der Waals surface area (Å²) in [6, 6.07) is 2.22. The summed E-state index contributed by atoms with van der Waals surface area (Å²) in [7, 11) is -4.07. The number of halogens is 2. The predicted molar refractivity (Wildman–Crippen MR) is 76.1 cm³/mol. The molecule has 1 aromatic rings. The third-order valence-electron chi connectivity index (χ3n) is 3.48. The summed E-state index contributed by atoms with van der Waals surface area (Å²) in [6.45, 7) is 1.81. The van der Waals surface area contributed by atoms with Crippen molar-refractivity contribution >= 4 is 21.6 Å². The topological polar surface area (TPSA) is 75.6 Å². The third-order valence-corrected chi connectivity index (χ3v) is 5.09. The standard InChI is InChI=1S/C13H17ClFNO4S/c1-13(3-2-4-20-13)8-16-21(18,19)11-6-10(14)5-9(7-17)12(11)15/h5-6,16-17H,2-4,7-8H2,1H3. The lowest BCUT2D eigenvalue weighted by atomic mass is 10.0. The van der Waals surface area contributed by atoms with Crippen molar-refractivity contribution < 1.29 is 22.7 Å². The van der Waals surface area contributed by atoms with Gasteiger partial charge in [-0.25, -0.2) is 17.5 Å². The van der Waals surface area contributed by atoms with E-state index in [1.54, 1.807) is 6.92 Å². The van der Waals surface area contributed by atoms with Crippen molar-refractivity contribution in [2.24, 2.45) is 0 Å². The summed E-state index contributed by atoms with van der Waals surface area (Å²) in [6.07, 6.45) is 1.59. The first-order valence-corrected chi connectivity index (χ1v) is 8.36. The average Bonchev–Trinajstić information content (AvgIpc) is 2.86. The lowest BCUT2D eigenvalue weighted by Crippen LogP contribution is -2.40. The van der Waals surface area contributed by atoms with E-state index in [1.807, 2.05) is 0 Å². The highest BCUT2D eigenvalue weighted by Gasteiger charge is 2.32. The molecule has 1 aliphatic heterocycles. The van der Waals surface area contributed by atoms with Gasteiger partial charge in [-0.3, -0.25) is 0 Å². The molecule has 0 spiro atoms. The van der Waals surface area contributed by atoms with Crippen LogP contribution in [-0.2, 0) is 21.4 Å². The van der Waals surface area contributed by atoms with Gasteiger partial charge in [-0.15, -0.1) is 0 Å². The summed E-state index contributed by atoms with van der Waals surface area (Å²) in [5, 5.41) is 9.09. The summed E-state index contributed by atoms with van der Waals surface area (Å²) in [5.74, 6) is -0.994. The Morgan fingerprint density at radius 2 is 2.24 bits per heavy atom. The lowest BCUT2D eigenvalue weighted by molar-refractivity contribution is 0.0250. The van der Waals surface area contributed by atoms with E-state index in [0.29, 0.717) is 6.61 Å². The maximum atomic E-state index is 14.1. The minimum absolute atomic E-state index is 0.0455. The molecule has 8 heteroatoms. The van der Waals surface area contributed by atoms with Crippen LogP contribution in [0.2, 0.25) is 5.02 Å². The quantitative estimate of drug-likeness (QED) is 0.859. The second-order valence-electron chi connectivity index (χ2n) is 5.26. The van der Waals surface area contributed by atoms with Crippen LogP contribution in [0.1, 0.15) is 25.3 Å². The summed E-state index contributed by atoms with van der Waals surface area (Å²) >= 11 is 5.77. The van der Waals surface area contributed by atoms with Gasteiger partial charge in [0.2, 0.25) is 10.0 Å². The van der Waals surface area contributed by atoms with Crippen LogP contribution in [0.3, 0.4) is 0 Å². The van der Waals surface area contributed by atoms with E-state index in [0.717, 1.165) is 18.9 Å². The molecular formula is C13H17ClFNO4S. The number of hydrogen-bond acceptors (Lipinski definition) is 4. The Bertz CT molecular complexity index is 629. The van der Waals surface area contributed by atoms with Crippen molar-refractivity contribution in [3.05, 3.63) is 28.5 Å². The molecule has 1 aliphatic rings. The number of nitrogens with one attached hydrogen (secondary N) is 1. The second-order valence-corrected chi connectivity index (χ2v) is 7.43. The van der Waals surface area contributed by atoms with Crippen molar-refractivity contribution in [2.75, 3.05) is 13.2 Å². The van der Waals surface area contributed by atoms with E-state index in [-0.39, 0.29) is 17.1 Å². The Morgan fingerprint density at radius 1 is 1.52 bits per heavy atom. The molecule has 0 bridgehead atoms. The van der Waals surface area contributed by atoms with Gasteiger partial charge < -0.3 is 9.84 Å². The second kappa shape index (κ2) is 6.18. The Kier molecular flexibility index (Phi) is 4.89. The highest BCUT2D eigenvalue weighted by Crippen LogP contribution is 2.26. The third kappa shape index (κ3) is 3.73. The van der Waals surface area contributed by atoms with Gasteiger partial charge in [-0.05, 0) is 31.9 Å². The zero-order chi connectivity index (χ0) is 15.7. The molecule has 1 unspecified atom stereocenters. The van der Waals surface area contributed by atoms with Crippen LogP contribution in [0.5, 0.6) is 0 Å². The van der Waals surface area contributed by atoms with E-state index in [1.165, 1.54) is 6.07 Å². The molecule has 0 aromatic heterocycles. The molecule has 1 heterocycles. The fourth-order valence-electron chi connectivity index (χ4n) is 2.23. The van der Waals surface area contributed by atoms with E-state index in [4.69, 9.17) is 21.4 Å². The first kappa shape index (κ1) is 16.6. The molecule has 1 atom stereocenters. The van der Waals surface area contributed by atoms with Gasteiger partial charge in [0, 0.05) is 23.7 Å². The zero-order valence-corrected chi connectivity index (χ0v) is 13.1.